The van der Waals surface area contributed by atoms with Crippen LogP contribution in [0.15, 0.2) is 24.3 Å². The van der Waals surface area contributed by atoms with Crippen molar-refractivity contribution in [2.75, 3.05) is 13.6 Å². The van der Waals surface area contributed by atoms with Gasteiger partial charge in [0, 0.05) is 12.0 Å². The number of rotatable bonds is 4. The van der Waals surface area contributed by atoms with Crippen molar-refractivity contribution in [3.63, 3.8) is 0 Å². The lowest BCUT2D eigenvalue weighted by atomic mass is 9.81. The van der Waals surface area contributed by atoms with Gasteiger partial charge in [0.05, 0.1) is 6.10 Å². The van der Waals surface area contributed by atoms with Gasteiger partial charge in [-0.15, -0.1) is 0 Å². The summed E-state index contributed by atoms with van der Waals surface area (Å²) in [5, 5.41) is 13.4. The van der Waals surface area contributed by atoms with Gasteiger partial charge in [-0.2, -0.15) is 0 Å². The molecule has 0 aromatic heterocycles. The summed E-state index contributed by atoms with van der Waals surface area (Å²) in [5.41, 5.74) is 2.02. The van der Waals surface area contributed by atoms with Crippen molar-refractivity contribution in [3.05, 3.63) is 35.4 Å². The van der Waals surface area contributed by atoms with E-state index in [-0.39, 0.29) is 5.41 Å². The van der Waals surface area contributed by atoms with Crippen molar-refractivity contribution in [3.8, 4) is 0 Å². The minimum absolute atomic E-state index is 0.152. The quantitative estimate of drug-likeness (QED) is 0.794. The number of aliphatic hydroxyl groups is 1. The Kier molecular flexibility index (Phi) is 3.89. The summed E-state index contributed by atoms with van der Waals surface area (Å²) >= 11 is 0. The summed E-state index contributed by atoms with van der Waals surface area (Å²) in [6.45, 7) is 6.97. The molecule has 1 aromatic rings. The molecule has 1 atom stereocenters. The summed E-state index contributed by atoms with van der Waals surface area (Å²) in [6, 6.07) is 8.00. The van der Waals surface area contributed by atoms with Crippen molar-refractivity contribution >= 4 is 0 Å². The molecule has 0 heterocycles. The van der Waals surface area contributed by atoms with Gasteiger partial charge in [-0.25, -0.2) is 0 Å². The van der Waals surface area contributed by atoms with Crippen LogP contribution in [-0.2, 0) is 0 Å². The van der Waals surface area contributed by atoms with Crippen LogP contribution in [0, 0.1) is 12.3 Å². The summed E-state index contributed by atoms with van der Waals surface area (Å²) in [5.74, 6) is 0. The van der Waals surface area contributed by atoms with Gasteiger partial charge in [0.1, 0.15) is 0 Å². The van der Waals surface area contributed by atoms with E-state index in [1.165, 1.54) is 0 Å². The Balaban J connectivity index is 2.93. The van der Waals surface area contributed by atoms with Gasteiger partial charge in [0.2, 0.25) is 0 Å². The topological polar surface area (TPSA) is 32.3 Å². The normalized spacial score (nSPS) is 13.9. The Morgan fingerprint density at radius 3 is 2.47 bits per heavy atom. The highest BCUT2D eigenvalue weighted by molar-refractivity contribution is 5.28. The Morgan fingerprint density at radius 2 is 1.93 bits per heavy atom. The molecule has 0 aliphatic heterocycles. The van der Waals surface area contributed by atoms with Gasteiger partial charge in [-0.3, -0.25) is 0 Å². The molecular weight excluding hydrogens is 186 g/mol. The smallest absolute Gasteiger partial charge is 0.0855 e. The summed E-state index contributed by atoms with van der Waals surface area (Å²) in [4.78, 5) is 0. The van der Waals surface area contributed by atoms with Crippen LogP contribution in [0.5, 0.6) is 0 Å². The van der Waals surface area contributed by atoms with Gasteiger partial charge >= 0.3 is 0 Å². The van der Waals surface area contributed by atoms with Gasteiger partial charge in [-0.05, 0) is 25.1 Å². The minimum Gasteiger partial charge on any atom is -0.388 e. The van der Waals surface area contributed by atoms with E-state index in [9.17, 15) is 5.11 Å². The van der Waals surface area contributed by atoms with Gasteiger partial charge in [-0.1, -0.05) is 38.1 Å². The number of benzene rings is 1. The van der Waals surface area contributed by atoms with E-state index < -0.39 is 6.10 Å². The second-order valence-corrected chi connectivity index (χ2v) is 4.78. The van der Waals surface area contributed by atoms with Crippen LogP contribution in [-0.4, -0.2) is 18.7 Å². The van der Waals surface area contributed by atoms with Crippen LogP contribution < -0.4 is 5.32 Å². The van der Waals surface area contributed by atoms with Gasteiger partial charge in [0.15, 0.2) is 0 Å². The second-order valence-electron chi connectivity index (χ2n) is 4.78. The summed E-state index contributed by atoms with van der Waals surface area (Å²) in [6.07, 6.45) is -0.425. The Labute approximate surface area is 92.3 Å². The molecule has 0 spiro atoms. The van der Waals surface area contributed by atoms with E-state index >= 15 is 0 Å². The van der Waals surface area contributed by atoms with Crippen molar-refractivity contribution in [1.82, 2.24) is 5.32 Å². The molecule has 2 nitrogen and oxygen atoms in total. The molecule has 0 radical (unpaired) electrons. The molecule has 0 amide bonds. The summed E-state index contributed by atoms with van der Waals surface area (Å²) < 4.78 is 0. The van der Waals surface area contributed by atoms with Crippen LogP contribution in [0.25, 0.3) is 0 Å². The van der Waals surface area contributed by atoms with E-state index in [0.29, 0.717) is 0 Å². The predicted octanol–water partition coefficient (Wildman–Crippen LogP) is 2.27. The molecule has 15 heavy (non-hydrogen) atoms. The molecule has 0 bridgehead atoms. The maximum absolute atomic E-state index is 10.3. The van der Waals surface area contributed by atoms with Crippen LogP contribution >= 0.6 is 0 Å². The molecule has 1 unspecified atom stereocenters. The lowest BCUT2D eigenvalue weighted by molar-refractivity contribution is 0.0501. The molecule has 0 aliphatic carbocycles. The Morgan fingerprint density at radius 1 is 1.33 bits per heavy atom. The van der Waals surface area contributed by atoms with E-state index in [2.05, 4.69) is 19.2 Å². The Bertz CT molecular complexity index is 320. The molecule has 0 saturated carbocycles. The average Bonchev–Trinajstić information content (AvgIpc) is 2.17. The zero-order valence-corrected chi connectivity index (χ0v) is 10.0. The number of hydrogen-bond acceptors (Lipinski definition) is 2. The first kappa shape index (κ1) is 12.2. The molecule has 0 aliphatic rings. The first-order valence-corrected chi connectivity index (χ1v) is 5.37. The predicted molar refractivity (Wildman–Crippen MR) is 63.8 cm³/mol. The largest absolute Gasteiger partial charge is 0.388 e. The SMILES string of the molecule is CNCC(C)(C)C(O)c1ccccc1C. The minimum atomic E-state index is -0.425. The fraction of sp³-hybridized carbons (Fsp3) is 0.538. The van der Waals surface area contributed by atoms with Crippen molar-refractivity contribution in [2.24, 2.45) is 5.41 Å². The van der Waals surface area contributed by atoms with Crippen LogP contribution in [0.3, 0.4) is 0 Å². The van der Waals surface area contributed by atoms with Gasteiger partial charge in [0.25, 0.3) is 0 Å². The van der Waals surface area contributed by atoms with Crippen molar-refractivity contribution < 1.29 is 5.11 Å². The fourth-order valence-electron chi connectivity index (χ4n) is 1.87. The highest BCUT2D eigenvalue weighted by Crippen LogP contribution is 2.33. The molecule has 0 fully saturated rings. The zero-order chi connectivity index (χ0) is 11.5. The third-order valence-electron chi connectivity index (χ3n) is 2.86. The average molecular weight is 207 g/mol. The first-order chi connectivity index (χ1) is 6.99. The van der Waals surface area contributed by atoms with E-state index in [1.807, 2.05) is 38.2 Å². The zero-order valence-electron chi connectivity index (χ0n) is 10.0. The summed E-state index contributed by atoms with van der Waals surface area (Å²) in [7, 11) is 1.91. The van der Waals surface area contributed by atoms with E-state index in [4.69, 9.17) is 0 Å². The monoisotopic (exact) mass is 207 g/mol. The second kappa shape index (κ2) is 4.77. The molecule has 2 N–H and O–H groups in total. The lowest BCUT2D eigenvalue weighted by Crippen LogP contribution is -2.33. The molecular formula is C13H21NO. The van der Waals surface area contributed by atoms with Crippen molar-refractivity contribution in [2.45, 2.75) is 26.9 Å². The maximum Gasteiger partial charge on any atom is 0.0855 e. The molecule has 0 saturated heterocycles. The lowest BCUT2D eigenvalue weighted by Gasteiger charge is -2.31. The molecule has 2 heteroatoms. The molecule has 1 aromatic carbocycles. The van der Waals surface area contributed by atoms with Crippen LogP contribution in [0.1, 0.15) is 31.1 Å². The van der Waals surface area contributed by atoms with E-state index in [1.54, 1.807) is 0 Å². The van der Waals surface area contributed by atoms with Crippen LogP contribution in [0.4, 0.5) is 0 Å². The maximum atomic E-state index is 10.3. The van der Waals surface area contributed by atoms with Crippen LogP contribution in [0.2, 0.25) is 0 Å². The third-order valence-corrected chi connectivity index (χ3v) is 2.86. The van der Waals surface area contributed by atoms with E-state index in [0.717, 1.165) is 17.7 Å². The standard InChI is InChI=1S/C13H21NO/c1-10-7-5-6-8-11(10)12(15)13(2,3)9-14-4/h5-8,12,14-15H,9H2,1-4H3. The van der Waals surface area contributed by atoms with Gasteiger partial charge < -0.3 is 10.4 Å². The third kappa shape index (κ3) is 2.80. The highest BCUT2D eigenvalue weighted by atomic mass is 16.3. The first-order valence-electron chi connectivity index (χ1n) is 5.37. The number of aryl methyl sites for hydroxylation is 1. The fourth-order valence-corrected chi connectivity index (χ4v) is 1.87. The number of hydrogen-bond donors (Lipinski definition) is 2. The number of aliphatic hydroxyl groups excluding tert-OH is 1. The molecule has 1 rings (SSSR count). The molecule has 84 valence electrons. The highest BCUT2D eigenvalue weighted by Gasteiger charge is 2.29. The van der Waals surface area contributed by atoms with Crippen molar-refractivity contribution in [1.29, 1.82) is 0 Å². The Hall–Kier alpha value is -0.860. The number of nitrogens with one attached hydrogen (secondary N) is 1.